The molecule has 0 saturated heterocycles. The van der Waals surface area contributed by atoms with E-state index in [4.69, 9.17) is 5.73 Å². The molecule has 88 valence electrons. The van der Waals surface area contributed by atoms with Gasteiger partial charge in [0.15, 0.2) is 5.69 Å². The number of aromatic hydroxyl groups is 1. The number of esters is 1. The standard InChI is InChI=1S/C9H10F2N2O3/c1-16-9(15)7-4(8(10)11)2-6(14)5(3-12)13-7/h2,8,14H,3,12H2,1H3. The largest absolute Gasteiger partial charge is 0.506 e. The molecule has 0 aliphatic carbocycles. The fourth-order valence-corrected chi connectivity index (χ4v) is 1.13. The number of methoxy groups -OCH3 is 1. The van der Waals surface area contributed by atoms with E-state index in [0.717, 1.165) is 13.2 Å². The minimum absolute atomic E-state index is 0.0372. The van der Waals surface area contributed by atoms with Crippen molar-refractivity contribution in [2.24, 2.45) is 5.73 Å². The first-order valence-corrected chi connectivity index (χ1v) is 4.30. The molecule has 0 aliphatic rings. The van der Waals surface area contributed by atoms with E-state index in [1.165, 1.54) is 0 Å². The molecular weight excluding hydrogens is 222 g/mol. The third-order valence-electron chi connectivity index (χ3n) is 1.92. The van der Waals surface area contributed by atoms with Crippen molar-refractivity contribution >= 4 is 5.97 Å². The van der Waals surface area contributed by atoms with Gasteiger partial charge in [0.2, 0.25) is 0 Å². The Morgan fingerprint density at radius 3 is 2.75 bits per heavy atom. The fourth-order valence-electron chi connectivity index (χ4n) is 1.13. The van der Waals surface area contributed by atoms with Crippen LogP contribution in [-0.4, -0.2) is 23.2 Å². The quantitative estimate of drug-likeness (QED) is 0.758. The van der Waals surface area contributed by atoms with Crippen molar-refractivity contribution in [3.8, 4) is 5.75 Å². The first-order valence-electron chi connectivity index (χ1n) is 4.30. The summed E-state index contributed by atoms with van der Waals surface area (Å²) in [6.45, 7) is -0.167. The van der Waals surface area contributed by atoms with E-state index in [0.29, 0.717) is 0 Å². The third-order valence-corrected chi connectivity index (χ3v) is 1.92. The van der Waals surface area contributed by atoms with Gasteiger partial charge in [-0.25, -0.2) is 18.6 Å². The lowest BCUT2D eigenvalue weighted by Gasteiger charge is -2.09. The summed E-state index contributed by atoms with van der Waals surface area (Å²) >= 11 is 0. The highest BCUT2D eigenvalue weighted by atomic mass is 19.3. The van der Waals surface area contributed by atoms with Crippen LogP contribution in [0.25, 0.3) is 0 Å². The zero-order valence-electron chi connectivity index (χ0n) is 8.41. The van der Waals surface area contributed by atoms with Gasteiger partial charge < -0.3 is 15.6 Å². The van der Waals surface area contributed by atoms with Gasteiger partial charge in [-0.05, 0) is 6.07 Å². The summed E-state index contributed by atoms with van der Waals surface area (Å²) in [5.41, 5.74) is 3.98. The second-order valence-electron chi connectivity index (χ2n) is 2.89. The molecule has 0 aliphatic heterocycles. The summed E-state index contributed by atoms with van der Waals surface area (Å²) in [5, 5.41) is 9.29. The number of rotatable bonds is 3. The minimum atomic E-state index is -2.93. The highest BCUT2D eigenvalue weighted by molar-refractivity contribution is 5.89. The lowest BCUT2D eigenvalue weighted by Crippen LogP contribution is -2.12. The summed E-state index contributed by atoms with van der Waals surface area (Å²) in [5.74, 6) is -1.46. The Labute approximate surface area is 89.9 Å². The smallest absolute Gasteiger partial charge is 0.357 e. The lowest BCUT2D eigenvalue weighted by atomic mass is 10.1. The number of aromatic nitrogens is 1. The van der Waals surface area contributed by atoms with E-state index in [2.05, 4.69) is 9.72 Å². The number of halogens is 2. The molecule has 7 heteroatoms. The van der Waals surface area contributed by atoms with Crippen LogP contribution in [0.3, 0.4) is 0 Å². The first-order chi connectivity index (χ1) is 7.51. The SMILES string of the molecule is COC(=O)c1nc(CN)c(O)cc1C(F)F. The molecule has 3 N–H and O–H groups in total. The van der Waals surface area contributed by atoms with E-state index >= 15 is 0 Å². The third kappa shape index (κ3) is 2.25. The van der Waals surface area contributed by atoms with Gasteiger partial charge in [-0.3, -0.25) is 0 Å². The van der Waals surface area contributed by atoms with Crippen molar-refractivity contribution in [2.75, 3.05) is 7.11 Å². The van der Waals surface area contributed by atoms with Crippen LogP contribution in [0, 0.1) is 0 Å². The molecule has 0 bridgehead atoms. The molecule has 0 aromatic carbocycles. The Kier molecular flexibility index (Phi) is 3.73. The van der Waals surface area contributed by atoms with Crippen molar-refractivity contribution in [3.05, 3.63) is 23.0 Å². The second kappa shape index (κ2) is 4.84. The van der Waals surface area contributed by atoms with Crippen molar-refractivity contribution < 1.29 is 23.4 Å². The predicted molar refractivity (Wildman–Crippen MR) is 50.1 cm³/mol. The molecule has 16 heavy (non-hydrogen) atoms. The van der Waals surface area contributed by atoms with Crippen molar-refractivity contribution in [1.82, 2.24) is 4.98 Å². The zero-order chi connectivity index (χ0) is 12.3. The molecule has 0 fully saturated rings. The van der Waals surface area contributed by atoms with Gasteiger partial charge in [-0.1, -0.05) is 0 Å². The Morgan fingerprint density at radius 1 is 1.69 bits per heavy atom. The van der Waals surface area contributed by atoms with Gasteiger partial charge >= 0.3 is 5.97 Å². The van der Waals surface area contributed by atoms with Crippen LogP contribution in [0.4, 0.5) is 8.78 Å². The maximum atomic E-state index is 12.5. The van der Waals surface area contributed by atoms with Crippen LogP contribution in [0.2, 0.25) is 0 Å². The van der Waals surface area contributed by atoms with Crippen molar-refractivity contribution in [1.29, 1.82) is 0 Å². The molecule has 0 radical (unpaired) electrons. The van der Waals surface area contributed by atoms with Gasteiger partial charge in [0, 0.05) is 6.54 Å². The maximum Gasteiger partial charge on any atom is 0.357 e. The van der Waals surface area contributed by atoms with Gasteiger partial charge in [0.1, 0.15) is 5.75 Å². The summed E-state index contributed by atoms with van der Waals surface area (Å²) in [6.07, 6.45) is -2.93. The molecule has 0 spiro atoms. The Morgan fingerprint density at radius 2 is 2.31 bits per heavy atom. The molecule has 1 aromatic rings. The first kappa shape index (κ1) is 12.3. The molecule has 1 rings (SSSR count). The summed E-state index contributed by atoms with van der Waals surface area (Å²) < 4.78 is 29.4. The van der Waals surface area contributed by atoms with Crippen LogP contribution in [0.5, 0.6) is 5.75 Å². The van der Waals surface area contributed by atoms with Crippen LogP contribution < -0.4 is 5.73 Å². The fraction of sp³-hybridized carbons (Fsp3) is 0.333. The van der Waals surface area contributed by atoms with E-state index < -0.39 is 29.4 Å². The molecule has 0 unspecified atom stereocenters. The van der Waals surface area contributed by atoms with Gasteiger partial charge in [-0.15, -0.1) is 0 Å². The molecule has 0 amide bonds. The number of carbonyl (C=O) groups is 1. The topological polar surface area (TPSA) is 85.4 Å². The molecule has 1 heterocycles. The predicted octanol–water partition coefficient (Wildman–Crippen LogP) is 0.970. The molecule has 5 nitrogen and oxygen atoms in total. The highest BCUT2D eigenvalue weighted by Crippen LogP contribution is 2.27. The van der Waals surface area contributed by atoms with Crippen molar-refractivity contribution in [3.63, 3.8) is 0 Å². The van der Waals surface area contributed by atoms with E-state index in [-0.39, 0.29) is 12.2 Å². The zero-order valence-corrected chi connectivity index (χ0v) is 8.41. The van der Waals surface area contributed by atoms with Crippen LogP contribution in [0.1, 0.15) is 28.2 Å². The number of ether oxygens (including phenoxy) is 1. The second-order valence-corrected chi connectivity index (χ2v) is 2.89. The summed E-state index contributed by atoms with van der Waals surface area (Å²) in [6, 6.07) is 0.770. The Balaban J connectivity index is 3.36. The summed E-state index contributed by atoms with van der Waals surface area (Å²) in [7, 11) is 1.05. The normalized spacial score (nSPS) is 10.6. The van der Waals surface area contributed by atoms with Gasteiger partial charge in [-0.2, -0.15) is 0 Å². The van der Waals surface area contributed by atoms with E-state index in [1.807, 2.05) is 0 Å². The molecular formula is C9H10F2N2O3. The van der Waals surface area contributed by atoms with E-state index in [9.17, 15) is 18.7 Å². The number of alkyl halides is 2. The molecule has 1 aromatic heterocycles. The monoisotopic (exact) mass is 232 g/mol. The molecule has 0 saturated carbocycles. The van der Waals surface area contributed by atoms with E-state index in [1.54, 1.807) is 0 Å². The highest BCUT2D eigenvalue weighted by Gasteiger charge is 2.23. The minimum Gasteiger partial charge on any atom is -0.506 e. The average molecular weight is 232 g/mol. The van der Waals surface area contributed by atoms with Crippen LogP contribution in [0.15, 0.2) is 6.07 Å². The maximum absolute atomic E-state index is 12.5. The summed E-state index contributed by atoms with van der Waals surface area (Å²) in [4.78, 5) is 14.7. The lowest BCUT2D eigenvalue weighted by molar-refractivity contribution is 0.0581. The Hall–Kier alpha value is -1.76. The Bertz CT molecular complexity index is 410. The van der Waals surface area contributed by atoms with Crippen molar-refractivity contribution in [2.45, 2.75) is 13.0 Å². The van der Waals surface area contributed by atoms with Gasteiger partial charge in [0.05, 0.1) is 18.4 Å². The number of nitrogens with zero attached hydrogens (tertiary/aromatic N) is 1. The number of carbonyl (C=O) groups excluding carboxylic acids is 1. The van der Waals surface area contributed by atoms with Crippen LogP contribution >= 0.6 is 0 Å². The average Bonchev–Trinajstić information content (AvgIpc) is 2.27. The number of hydrogen-bond acceptors (Lipinski definition) is 5. The number of pyridine rings is 1. The molecule has 0 atom stereocenters. The number of nitrogens with two attached hydrogens (primary N) is 1. The van der Waals surface area contributed by atoms with Gasteiger partial charge in [0.25, 0.3) is 6.43 Å². The number of hydrogen-bond donors (Lipinski definition) is 2. The van der Waals surface area contributed by atoms with Crippen LogP contribution in [-0.2, 0) is 11.3 Å².